The Balaban J connectivity index is 1.67. The lowest BCUT2D eigenvalue weighted by molar-refractivity contribution is -0.124. The van der Waals surface area contributed by atoms with E-state index in [1.54, 1.807) is 0 Å². The molecule has 0 unspecified atom stereocenters. The molecule has 4 heteroatoms. The van der Waals surface area contributed by atoms with Crippen LogP contribution in [-0.2, 0) is 17.8 Å². The van der Waals surface area contributed by atoms with E-state index < -0.39 is 0 Å². The predicted octanol–water partition coefficient (Wildman–Crippen LogP) is 0.342. The third-order valence-corrected chi connectivity index (χ3v) is 3.94. The zero-order valence-corrected chi connectivity index (χ0v) is 10.3. The number of hydrogen-bond acceptors (Lipinski definition) is 3. The van der Waals surface area contributed by atoms with Gasteiger partial charge in [0.05, 0.1) is 18.2 Å². The maximum absolute atomic E-state index is 12.1. The zero-order chi connectivity index (χ0) is 12.6. The highest BCUT2D eigenvalue weighted by molar-refractivity contribution is 5.83. The summed E-state index contributed by atoms with van der Waals surface area (Å²) in [6.07, 6.45) is 2.50. The summed E-state index contributed by atoms with van der Waals surface area (Å²) in [6, 6.07) is 8.02. The molecule has 1 aliphatic carbocycles. The first-order valence-corrected chi connectivity index (χ1v) is 6.45. The van der Waals surface area contributed by atoms with Crippen LogP contribution in [-0.4, -0.2) is 29.2 Å². The summed E-state index contributed by atoms with van der Waals surface area (Å²) in [5, 5.41) is 15.4. The summed E-state index contributed by atoms with van der Waals surface area (Å²) >= 11 is 0. The Labute approximate surface area is 106 Å². The van der Waals surface area contributed by atoms with E-state index in [4.69, 9.17) is 0 Å². The van der Waals surface area contributed by atoms with Crippen molar-refractivity contribution in [2.75, 3.05) is 6.61 Å². The van der Waals surface area contributed by atoms with Crippen LogP contribution in [0.4, 0.5) is 0 Å². The summed E-state index contributed by atoms with van der Waals surface area (Å²) in [5.41, 5.74) is 2.19. The van der Waals surface area contributed by atoms with Gasteiger partial charge in [-0.3, -0.25) is 4.79 Å². The SMILES string of the molecule is O=C(NC1(CO)CC1)[C@@H]1Cc2ccccc2CN1. The average Bonchev–Trinajstić information content (AvgIpc) is 3.18. The molecule has 0 bridgehead atoms. The van der Waals surface area contributed by atoms with E-state index in [1.807, 2.05) is 12.1 Å². The number of benzene rings is 1. The Morgan fingerprint density at radius 3 is 2.78 bits per heavy atom. The molecule has 0 radical (unpaired) electrons. The molecule has 3 rings (SSSR count). The summed E-state index contributed by atoms with van der Waals surface area (Å²) < 4.78 is 0. The van der Waals surface area contributed by atoms with Gasteiger partial charge in [-0.2, -0.15) is 0 Å². The molecule has 3 N–H and O–H groups in total. The quantitative estimate of drug-likeness (QED) is 0.721. The lowest BCUT2D eigenvalue weighted by Gasteiger charge is -2.27. The highest BCUT2D eigenvalue weighted by Crippen LogP contribution is 2.34. The fraction of sp³-hybridized carbons (Fsp3) is 0.500. The molecule has 1 amide bonds. The molecule has 96 valence electrons. The van der Waals surface area contributed by atoms with Crippen molar-refractivity contribution < 1.29 is 9.90 Å². The Morgan fingerprint density at radius 2 is 2.11 bits per heavy atom. The van der Waals surface area contributed by atoms with Crippen LogP contribution in [0.3, 0.4) is 0 Å². The molecule has 1 aromatic carbocycles. The zero-order valence-electron chi connectivity index (χ0n) is 10.3. The number of aliphatic hydroxyl groups excluding tert-OH is 1. The van der Waals surface area contributed by atoms with Crippen LogP contribution in [0.1, 0.15) is 24.0 Å². The number of fused-ring (bicyclic) bond motifs is 1. The van der Waals surface area contributed by atoms with Crippen molar-refractivity contribution >= 4 is 5.91 Å². The largest absolute Gasteiger partial charge is 0.394 e. The van der Waals surface area contributed by atoms with Crippen molar-refractivity contribution in [3.63, 3.8) is 0 Å². The second-order valence-corrected chi connectivity index (χ2v) is 5.33. The van der Waals surface area contributed by atoms with E-state index in [9.17, 15) is 9.90 Å². The molecule has 1 aromatic rings. The topological polar surface area (TPSA) is 61.4 Å². The summed E-state index contributed by atoms with van der Waals surface area (Å²) in [4.78, 5) is 12.1. The van der Waals surface area contributed by atoms with E-state index in [0.717, 1.165) is 25.8 Å². The van der Waals surface area contributed by atoms with Gasteiger partial charge in [0.15, 0.2) is 0 Å². The van der Waals surface area contributed by atoms with Crippen molar-refractivity contribution in [3.05, 3.63) is 35.4 Å². The van der Waals surface area contributed by atoms with Crippen LogP contribution >= 0.6 is 0 Å². The third kappa shape index (κ3) is 2.13. The fourth-order valence-electron chi connectivity index (χ4n) is 2.46. The van der Waals surface area contributed by atoms with E-state index in [-0.39, 0.29) is 24.1 Å². The standard InChI is InChI=1S/C14H18N2O2/c17-9-14(5-6-14)16-13(18)12-7-10-3-1-2-4-11(10)8-15-12/h1-4,12,15,17H,5-9H2,(H,16,18)/t12-/m0/s1. The van der Waals surface area contributed by atoms with Crippen LogP contribution < -0.4 is 10.6 Å². The molecule has 18 heavy (non-hydrogen) atoms. The number of carbonyl (C=O) groups excluding carboxylic acids is 1. The Kier molecular flexibility index (Phi) is 2.84. The van der Waals surface area contributed by atoms with Crippen LogP contribution in [0, 0.1) is 0 Å². The van der Waals surface area contributed by atoms with Gasteiger partial charge in [-0.25, -0.2) is 0 Å². The molecule has 1 heterocycles. The Hall–Kier alpha value is -1.39. The molecule has 1 saturated carbocycles. The number of nitrogens with one attached hydrogen (secondary N) is 2. The number of aliphatic hydroxyl groups is 1. The molecule has 1 fully saturated rings. The summed E-state index contributed by atoms with van der Waals surface area (Å²) in [6.45, 7) is 0.780. The molecule has 0 saturated heterocycles. The van der Waals surface area contributed by atoms with Crippen molar-refractivity contribution in [2.24, 2.45) is 0 Å². The minimum absolute atomic E-state index is 0.0102. The van der Waals surface area contributed by atoms with Gasteiger partial charge in [0.25, 0.3) is 0 Å². The molecule has 1 atom stereocenters. The second kappa shape index (κ2) is 4.37. The molecule has 4 nitrogen and oxygen atoms in total. The van der Waals surface area contributed by atoms with Crippen LogP contribution in [0.25, 0.3) is 0 Å². The first-order chi connectivity index (χ1) is 8.72. The van der Waals surface area contributed by atoms with Crippen LogP contribution in [0.15, 0.2) is 24.3 Å². The number of rotatable bonds is 3. The van der Waals surface area contributed by atoms with Gasteiger partial charge in [0.2, 0.25) is 5.91 Å². The maximum Gasteiger partial charge on any atom is 0.237 e. The minimum Gasteiger partial charge on any atom is -0.394 e. The van der Waals surface area contributed by atoms with E-state index in [2.05, 4.69) is 22.8 Å². The fourth-order valence-corrected chi connectivity index (χ4v) is 2.46. The highest BCUT2D eigenvalue weighted by atomic mass is 16.3. The van der Waals surface area contributed by atoms with Gasteiger partial charge in [-0.05, 0) is 30.4 Å². The normalized spacial score (nSPS) is 24.2. The average molecular weight is 246 g/mol. The van der Waals surface area contributed by atoms with E-state index >= 15 is 0 Å². The van der Waals surface area contributed by atoms with Crippen LogP contribution in [0.5, 0.6) is 0 Å². The minimum atomic E-state index is -0.324. The number of carbonyl (C=O) groups is 1. The van der Waals surface area contributed by atoms with Gasteiger partial charge in [0.1, 0.15) is 0 Å². The third-order valence-electron chi connectivity index (χ3n) is 3.94. The van der Waals surface area contributed by atoms with Gasteiger partial charge in [0, 0.05) is 6.54 Å². The van der Waals surface area contributed by atoms with Gasteiger partial charge in [-0.15, -0.1) is 0 Å². The first kappa shape index (κ1) is 11.7. The maximum atomic E-state index is 12.1. The van der Waals surface area contributed by atoms with E-state index in [1.165, 1.54) is 11.1 Å². The Morgan fingerprint density at radius 1 is 1.39 bits per heavy atom. The van der Waals surface area contributed by atoms with E-state index in [0.29, 0.717) is 0 Å². The first-order valence-electron chi connectivity index (χ1n) is 6.45. The smallest absolute Gasteiger partial charge is 0.237 e. The van der Waals surface area contributed by atoms with Gasteiger partial charge < -0.3 is 15.7 Å². The van der Waals surface area contributed by atoms with Crippen LogP contribution in [0.2, 0.25) is 0 Å². The lowest BCUT2D eigenvalue weighted by atomic mass is 9.95. The molecule has 0 aromatic heterocycles. The number of hydrogen-bond donors (Lipinski definition) is 3. The molecular weight excluding hydrogens is 228 g/mol. The summed E-state index contributed by atoms with van der Waals surface area (Å²) in [5.74, 6) is 0.0102. The Bertz CT molecular complexity index is 469. The monoisotopic (exact) mass is 246 g/mol. The highest BCUT2D eigenvalue weighted by Gasteiger charge is 2.44. The second-order valence-electron chi connectivity index (χ2n) is 5.33. The van der Waals surface area contributed by atoms with Gasteiger partial charge >= 0.3 is 0 Å². The van der Waals surface area contributed by atoms with Crippen molar-refractivity contribution in [1.82, 2.24) is 10.6 Å². The predicted molar refractivity (Wildman–Crippen MR) is 68.0 cm³/mol. The van der Waals surface area contributed by atoms with Crippen molar-refractivity contribution in [2.45, 2.75) is 37.4 Å². The lowest BCUT2D eigenvalue weighted by Crippen LogP contribution is -2.52. The van der Waals surface area contributed by atoms with Crippen molar-refractivity contribution in [1.29, 1.82) is 0 Å². The molecule has 2 aliphatic rings. The molecular formula is C14H18N2O2. The van der Waals surface area contributed by atoms with Gasteiger partial charge in [-0.1, -0.05) is 24.3 Å². The molecule has 1 aliphatic heterocycles. The molecule has 0 spiro atoms. The van der Waals surface area contributed by atoms with Crippen molar-refractivity contribution in [3.8, 4) is 0 Å². The summed E-state index contributed by atoms with van der Waals surface area (Å²) in [7, 11) is 0. The number of amides is 1.